The number of aryl methyl sites for hydroxylation is 1. The average Bonchev–Trinajstić information content (AvgIpc) is 2.28. The van der Waals surface area contributed by atoms with Gasteiger partial charge in [0.15, 0.2) is 0 Å². The third kappa shape index (κ3) is 3.41. The number of carboxylic acid groups (broad SMARTS) is 1. The second-order valence-electron chi connectivity index (χ2n) is 3.58. The molecule has 0 fully saturated rings. The number of aliphatic carboxylic acids is 1. The maximum Gasteiger partial charge on any atom is 0.324 e. The van der Waals surface area contributed by atoms with E-state index in [1.165, 1.54) is 25.1 Å². The van der Waals surface area contributed by atoms with Crippen molar-refractivity contribution in [3.8, 4) is 0 Å². The normalized spacial score (nSPS) is 13.3. The van der Waals surface area contributed by atoms with Gasteiger partial charge in [-0.25, -0.2) is 12.8 Å². The Hall–Kier alpha value is -1.18. The number of benzene rings is 1. The topological polar surface area (TPSA) is 83.5 Å². The van der Waals surface area contributed by atoms with Crippen LogP contribution in [0.2, 0.25) is 5.02 Å². The van der Waals surface area contributed by atoms with Crippen molar-refractivity contribution in [3.05, 3.63) is 28.8 Å². The molecule has 0 aliphatic carbocycles. The average molecular weight is 296 g/mol. The predicted molar refractivity (Wildman–Crippen MR) is 63.9 cm³/mol. The van der Waals surface area contributed by atoms with Crippen molar-refractivity contribution >= 4 is 27.6 Å². The Morgan fingerprint density at radius 1 is 1.56 bits per heavy atom. The van der Waals surface area contributed by atoms with Crippen LogP contribution in [0.25, 0.3) is 0 Å². The van der Waals surface area contributed by atoms with Crippen molar-refractivity contribution in [2.75, 3.05) is 6.67 Å². The highest BCUT2D eigenvalue weighted by molar-refractivity contribution is 7.89. The Bertz CT molecular complexity index is 561. The van der Waals surface area contributed by atoms with Crippen LogP contribution < -0.4 is 4.72 Å². The zero-order valence-electron chi connectivity index (χ0n) is 9.35. The minimum Gasteiger partial charge on any atom is -0.480 e. The quantitative estimate of drug-likeness (QED) is 0.859. The van der Waals surface area contributed by atoms with Crippen molar-refractivity contribution in [3.63, 3.8) is 0 Å². The fraction of sp³-hybridized carbons (Fsp3) is 0.300. The van der Waals surface area contributed by atoms with E-state index in [1.54, 1.807) is 4.72 Å². The number of carboxylic acids is 1. The minimum absolute atomic E-state index is 0.172. The first-order valence-electron chi connectivity index (χ1n) is 4.85. The SMILES string of the molecule is Cc1ccc(Cl)cc1S(=O)(=O)N[C@H](CF)C(=O)O. The van der Waals surface area contributed by atoms with Gasteiger partial charge in [0, 0.05) is 5.02 Å². The molecule has 1 atom stereocenters. The van der Waals surface area contributed by atoms with Gasteiger partial charge >= 0.3 is 5.97 Å². The second-order valence-corrected chi connectivity index (χ2v) is 5.70. The molecular formula is C10H11ClFNO4S. The lowest BCUT2D eigenvalue weighted by molar-refractivity contribution is -0.139. The number of alkyl halides is 1. The molecule has 0 bridgehead atoms. The summed E-state index contributed by atoms with van der Waals surface area (Å²) in [7, 11) is -4.13. The predicted octanol–water partition coefficient (Wildman–Crippen LogP) is 1.35. The van der Waals surface area contributed by atoms with E-state index in [2.05, 4.69) is 0 Å². The van der Waals surface area contributed by atoms with E-state index >= 15 is 0 Å². The van der Waals surface area contributed by atoms with E-state index in [4.69, 9.17) is 16.7 Å². The van der Waals surface area contributed by atoms with Crippen LogP contribution in [0.15, 0.2) is 23.1 Å². The number of carbonyl (C=O) groups is 1. The van der Waals surface area contributed by atoms with Crippen molar-refractivity contribution in [2.45, 2.75) is 17.9 Å². The van der Waals surface area contributed by atoms with Gasteiger partial charge in [0.25, 0.3) is 0 Å². The Kier molecular flexibility index (Phi) is 4.66. The first kappa shape index (κ1) is 14.9. The van der Waals surface area contributed by atoms with Gasteiger partial charge in [-0.05, 0) is 24.6 Å². The number of rotatable bonds is 5. The summed E-state index contributed by atoms with van der Waals surface area (Å²) in [4.78, 5) is 10.4. The van der Waals surface area contributed by atoms with Crippen molar-refractivity contribution < 1.29 is 22.7 Å². The molecule has 5 nitrogen and oxygen atoms in total. The molecule has 0 saturated heterocycles. The summed E-state index contributed by atoms with van der Waals surface area (Å²) in [5.41, 5.74) is 0.384. The lowest BCUT2D eigenvalue weighted by Gasteiger charge is -2.13. The Morgan fingerprint density at radius 2 is 2.17 bits per heavy atom. The van der Waals surface area contributed by atoms with E-state index in [1.807, 2.05) is 0 Å². The zero-order chi connectivity index (χ0) is 13.9. The van der Waals surface area contributed by atoms with Crippen molar-refractivity contribution in [1.29, 1.82) is 0 Å². The van der Waals surface area contributed by atoms with Gasteiger partial charge in [-0.1, -0.05) is 17.7 Å². The number of hydrogen-bond donors (Lipinski definition) is 2. The van der Waals surface area contributed by atoms with Gasteiger partial charge in [0.05, 0.1) is 4.90 Å². The molecule has 0 aromatic heterocycles. The molecule has 0 spiro atoms. The fourth-order valence-corrected chi connectivity index (χ4v) is 2.94. The summed E-state index contributed by atoms with van der Waals surface area (Å²) < 4.78 is 37.9. The fourth-order valence-electron chi connectivity index (χ4n) is 1.26. The van der Waals surface area contributed by atoms with Gasteiger partial charge in [-0.3, -0.25) is 4.79 Å². The standard InChI is InChI=1S/C10H11ClFNO4S/c1-6-2-3-7(11)4-9(6)18(16,17)13-8(5-12)10(14)15/h2-4,8,13H,5H2,1H3,(H,14,15)/t8-/m1/s1. The van der Waals surface area contributed by atoms with Crippen molar-refractivity contribution in [1.82, 2.24) is 4.72 Å². The largest absolute Gasteiger partial charge is 0.480 e. The van der Waals surface area contributed by atoms with Gasteiger partial charge < -0.3 is 5.11 Å². The summed E-state index contributed by atoms with van der Waals surface area (Å²) in [6.07, 6.45) is 0. The molecule has 1 aromatic rings. The molecule has 0 aliphatic heterocycles. The van der Waals surface area contributed by atoms with Gasteiger partial charge in [0.1, 0.15) is 12.7 Å². The Labute approximate surface area is 109 Å². The van der Waals surface area contributed by atoms with Crippen LogP contribution in [0.3, 0.4) is 0 Å². The van der Waals surface area contributed by atoms with E-state index in [-0.39, 0.29) is 9.92 Å². The molecule has 8 heteroatoms. The highest BCUT2D eigenvalue weighted by Gasteiger charge is 2.26. The van der Waals surface area contributed by atoms with Crippen LogP contribution in [-0.4, -0.2) is 32.2 Å². The minimum atomic E-state index is -4.13. The van der Waals surface area contributed by atoms with Crippen LogP contribution >= 0.6 is 11.6 Å². The third-order valence-corrected chi connectivity index (χ3v) is 4.04. The number of nitrogens with one attached hydrogen (secondary N) is 1. The molecular weight excluding hydrogens is 285 g/mol. The summed E-state index contributed by atoms with van der Waals surface area (Å²) in [6.45, 7) is 0.185. The maximum atomic E-state index is 12.4. The molecule has 1 rings (SSSR count). The van der Waals surface area contributed by atoms with Gasteiger partial charge in [0.2, 0.25) is 10.0 Å². The van der Waals surface area contributed by atoms with Gasteiger partial charge in [-0.15, -0.1) is 0 Å². The van der Waals surface area contributed by atoms with Crippen LogP contribution in [0.4, 0.5) is 4.39 Å². The van der Waals surface area contributed by atoms with E-state index in [9.17, 15) is 17.6 Å². The monoisotopic (exact) mass is 295 g/mol. The highest BCUT2D eigenvalue weighted by Crippen LogP contribution is 2.20. The van der Waals surface area contributed by atoms with Crippen LogP contribution in [0.5, 0.6) is 0 Å². The molecule has 0 amide bonds. The molecule has 0 aliphatic rings. The third-order valence-electron chi connectivity index (χ3n) is 2.19. The van der Waals surface area contributed by atoms with Crippen LogP contribution in [-0.2, 0) is 14.8 Å². The second kappa shape index (κ2) is 5.64. The van der Waals surface area contributed by atoms with E-state index in [0.29, 0.717) is 5.56 Å². The molecule has 18 heavy (non-hydrogen) atoms. The summed E-state index contributed by atoms with van der Waals surface area (Å²) in [5, 5.41) is 8.80. The zero-order valence-corrected chi connectivity index (χ0v) is 10.9. The van der Waals surface area contributed by atoms with Gasteiger partial charge in [-0.2, -0.15) is 4.72 Å². The van der Waals surface area contributed by atoms with Crippen LogP contribution in [0.1, 0.15) is 5.56 Å². The lowest BCUT2D eigenvalue weighted by Crippen LogP contribution is -2.42. The lowest BCUT2D eigenvalue weighted by atomic mass is 10.2. The first-order chi connectivity index (χ1) is 8.27. The molecule has 0 saturated carbocycles. The summed E-state index contributed by atoms with van der Waals surface area (Å²) >= 11 is 5.67. The van der Waals surface area contributed by atoms with E-state index in [0.717, 1.165) is 0 Å². The highest BCUT2D eigenvalue weighted by atomic mass is 35.5. The first-order valence-corrected chi connectivity index (χ1v) is 6.71. The Balaban J connectivity index is 3.14. The van der Waals surface area contributed by atoms with Crippen LogP contribution in [0, 0.1) is 6.92 Å². The van der Waals surface area contributed by atoms with Crippen molar-refractivity contribution in [2.24, 2.45) is 0 Å². The molecule has 0 heterocycles. The Morgan fingerprint density at radius 3 is 2.67 bits per heavy atom. The molecule has 1 aromatic carbocycles. The number of sulfonamides is 1. The van der Waals surface area contributed by atoms with E-state index < -0.39 is 28.7 Å². The number of hydrogen-bond acceptors (Lipinski definition) is 3. The summed E-state index contributed by atoms with van der Waals surface area (Å²) in [5.74, 6) is -1.58. The summed E-state index contributed by atoms with van der Waals surface area (Å²) in [6, 6.07) is 2.34. The maximum absolute atomic E-state index is 12.4. The molecule has 0 unspecified atom stereocenters. The molecule has 100 valence electrons. The molecule has 2 N–H and O–H groups in total. The molecule has 0 radical (unpaired) electrons. The number of halogens is 2. The smallest absolute Gasteiger partial charge is 0.324 e.